The van der Waals surface area contributed by atoms with E-state index in [2.05, 4.69) is 5.10 Å². The Morgan fingerprint density at radius 2 is 2.12 bits per heavy atom. The van der Waals surface area contributed by atoms with Crippen LogP contribution < -0.4 is 0 Å². The average Bonchev–Trinajstić information content (AvgIpc) is 2.72. The summed E-state index contributed by atoms with van der Waals surface area (Å²) in [5.41, 5.74) is 0.492. The number of hydrogen-bond donors (Lipinski definition) is 0. The Bertz CT molecular complexity index is 587. The number of nitrogens with zero attached hydrogens (tertiary/aromatic N) is 3. The summed E-state index contributed by atoms with van der Waals surface area (Å²) in [7, 11) is 0. The first-order valence-electron chi connectivity index (χ1n) is 4.66. The summed E-state index contributed by atoms with van der Waals surface area (Å²) < 4.78 is 26.0. The van der Waals surface area contributed by atoms with E-state index in [-0.39, 0.29) is 5.15 Å². The molecule has 0 fully saturated rings. The Morgan fingerprint density at radius 1 is 1.35 bits per heavy atom. The molecule has 0 saturated carbocycles. The van der Waals surface area contributed by atoms with Crippen molar-refractivity contribution in [2.75, 3.05) is 0 Å². The number of alkyl halides is 2. The second kappa shape index (κ2) is 4.52. The molecule has 0 spiro atoms. The van der Waals surface area contributed by atoms with E-state index in [1.165, 1.54) is 10.7 Å². The van der Waals surface area contributed by atoms with E-state index in [0.29, 0.717) is 11.3 Å². The number of benzene rings is 1. The van der Waals surface area contributed by atoms with Crippen molar-refractivity contribution in [2.24, 2.45) is 0 Å². The molecule has 0 unspecified atom stereocenters. The fourth-order valence-electron chi connectivity index (χ4n) is 1.37. The standard InChI is InChI=1S/C11H6ClF2N3/c12-10-5-9(11(13)14)16-17(10)8-3-1-2-7(4-8)6-15/h1-5,11H. The van der Waals surface area contributed by atoms with Crippen LogP contribution in [0.5, 0.6) is 0 Å². The molecule has 0 atom stereocenters. The van der Waals surface area contributed by atoms with Crippen LogP contribution in [-0.4, -0.2) is 9.78 Å². The summed E-state index contributed by atoms with van der Waals surface area (Å²) in [4.78, 5) is 0. The first kappa shape index (κ1) is 11.6. The lowest BCUT2D eigenvalue weighted by atomic mass is 10.2. The summed E-state index contributed by atoms with van der Waals surface area (Å²) in [6.45, 7) is 0. The second-order valence-corrected chi connectivity index (χ2v) is 3.65. The highest BCUT2D eigenvalue weighted by Gasteiger charge is 2.15. The molecule has 0 amide bonds. The van der Waals surface area contributed by atoms with Gasteiger partial charge in [0.05, 0.1) is 17.3 Å². The molecule has 2 aromatic rings. The molecule has 0 saturated heterocycles. The van der Waals surface area contributed by atoms with Gasteiger partial charge in [-0.1, -0.05) is 17.7 Å². The van der Waals surface area contributed by atoms with Gasteiger partial charge in [0.1, 0.15) is 10.8 Å². The Labute approximate surface area is 101 Å². The summed E-state index contributed by atoms with van der Waals surface area (Å²) in [6, 6.07) is 9.45. The van der Waals surface area contributed by atoms with Crippen LogP contribution in [0.15, 0.2) is 30.3 Å². The van der Waals surface area contributed by atoms with E-state index in [9.17, 15) is 8.78 Å². The maximum atomic E-state index is 12.4. The highest BCUT2D eigenvalue weighted by Crippen LogP contribution is 2.24. The third kappa shape index (κ3) is 2.27. The number of rotatable bonds is 2. The number of halogens is 3. The molecule has 0 radical (unpaired) electrons. The van der Waals surface area contributed by atoms with Crippen molar-refractivity contribution in [1.82, 2.24) is 9.78 Å². The predicted octanol–water partition coefficient (Wildman–Crippen LogP) is 3.33. The zero-order chi connectivity index (χ0) is 12.4. The van der Waals surface area contributed by atoms with Crippen LogP contribution in [0.25, 0.3) is 5.69 Å². The Balaban J connectivity index is 2.49. The maximum absolute atomic E-state index is 12.4. The van der Waals surface area contributed by atoms with Gasteiger partial charge in [-0.2, -0.15) is 10.4 Å². The van der Waals surface area contributed by atoms with Crippen LogP contribution in [0.4, 0.5) is 8.78 Å². The molecule has 1 aromatic heterocycles. The van der Waals surface area contributed by atoms with Gasteiger partial charge < -0.3 is 0 Å². The lowest BCUT2D eigenvalue weighted by molar-refractivity contribution is 0.145. The fraction of sp³-hybridized carbons (Fsp3) is 0.0909. The lowest BCUT2D eigenvalue weighted by Crippen LogP contribution is -1.98. The summed E-state index contributed by atoms with van der Waals surface area (Å²) in [5.74, 6) is 0. The molecule has 0 N–H and O–H groups in total. The minimum atomic E-state index is -2.67. The predicted molar refractivity (Wildman–Crippen MR) is 58.2 cm³/mol. The second-order valence-electron chi connectivity index (χ2n) is 3.27. The van der Waals surface area contributed by atoms with Crippen molar-refractivity contribution in [2.45, 2.75) is 6.43 Å². The van der Waals surface area contributed by atoms with Crippen molar-refractivity contribution in [3.8, 4) is 11.8 Å². The largest absolute Gasteiger partial charge is 0.282 e. The van der Waals surface area contributed by atoms with Crippen molar-refractivity contribution >= 4 is 11.6 Å². The van der Waals surface area contributed by atoms with Gasteiger partial charge in [0, 0.05) is 6.07 Å². The van der Waals surface area contributed by atoms with Gasteiger partial charge in [0.15, 0.2) is 0 Å². The number of hydrogen-bond acceptors (Lipinski definition) is 2. The highest BCUT2D eigenvalue weighted by atomic mass is 35.5. The van der Waals surface area contributed by atoms with Crippen LogP contribution >= 0.6 is 11.6 Å². The quantitative estimate of drug-likeness (QED) is 0.824. The van der Waals surface area contributed by atoms with Crippen molar-refractivity contribution < 1.29 is 8.78 Å². The molecule has 0 bridgehead atoms. The first-order valence-corrected chi connectivity index (χ1v) is 5.04. The topological polar surface area (TPSA) is 41.6 Å². The van der Waals surface area contributed by atoms with E-state index < -0.39 is 12.1 Å². The van der Waals surface area contributed by atoms with E-state index in [0.717, 1.165) is 6.07 Å². The number of aromatic nitrogens is 2. The first-order chi connectivity index (χ1) is 8.11. The summed E-state index contributed by atoms with van der Waals surface area (Å²) in [5, 5.41) is 12.5. The number of nitriles is 1. The van der Waals surface area contributed by atoms with Crippen LogP contribution in [0.1, 0.15) is 17.7 Å². The monoisotopic (exact) mass is 253 g/mol. The SMILES string of the molecule is N#Cc1cccc(-n2nc(C(F)F)cc2Cl)c1. The third-order valence-corrected chi connectivity index (χ3v) is 2.40. The van der Waals surface area contributed by atoms with E-state index in [1.807, 2.05) is 6.07 Å². The zero-order valence-electron chi connectivity index (χ0n) is 8.44. The van der Waals surface area contributed by atoms with Gasteiger partial charge in [-0.05, 0) is 18.2 Å². The highest BCUT2D eigenvalue weighted by molar-refractivity contribution is 6.29. The molecule has 0 aliphatic heterocycles. The maximum Gasteiger partial charge on any atom is 0.282 e. The van der Waals surface area contributed by atoms with E-state index in [1.54, 1.807) is 18.2 Å². The van der Waals surface area contributed by atoms with Crippen LogP contribution in [-0.2, 0) is 0 Å². The lowest BCUT2D eigenvalue weighted by Gasteiger charge is -2.02. The van der Waals surface area contributed by atoms with Crippen molar-refractivity contribution in [3.05, 3.63) is 46.7 Å². The van der Waals surface area contributed by atoms with Gasteiger partial charge in [0.2, 0.25) is 0 Å². The summed E-state index contributed by atoms with van der Waals surface area (Å²) in [6.07, 6.45) is -2.67. The molecule has 3 nitrogen and oxygen atoms in total. The average molecular weight is 254 g/mol. The Kier molecular flexibility index (Phi) is 3.07. The molecule has 1 aromatic carbocycles. The minimum absolute atomic E-state index is 0.0791. The third-order valence-electron chi connectivity index (χ3n) is 2.13. The van der Waals surface area contributed by atoms with Gasteiger partial charge >= 0.3 is 0 Å². The molecule has 0 aliphatic carbocycles. The molecule has 17 heavy (non-hydrogen) atoms. The molecule has 2 rings (SSSR count). The van der Waals surface area contributed by atoms with Crippen LogP contribution in [0.3, 0.4) is 0 Å². The summed E-state index contributed by atoms with van der Waals surface area (Å²) >= 11 is 5.80. The van der Waals surface area contributed by atoms with Crippen molar-refractivity contribution in [1.29, 1.82) is 5.26 Å². The van der Waals surface area contributed by atoms with Gasteiger partial charge in [-0.3, -0.25) is 0 Å². The molecule has 6 heteroatoms. The zero-order valence-corrected chi connectivity index (χ0v) is 9.20. The molecular formula is C11H6ClF2N3. The van der Waals surface area contributed by atoms with Gasteiger partial charge in [-0.15, -0.1) is 0 Å². The molecule has 86 valence electrons. The Hall–Kier alpha value is -1.93. The minimum Gasteiger partial charge on any atom is -0.222 e. The molecule has 0 aliphatic rings. The van der Waals surface area contributed by atoms with Crippen molar-refractivity contribution in [3.63, 3.8) is 0 Å². The fourth-order valence-corrected chi connectivity index (χ4v) is 1.62. The van der Waals surface area contributed by atoms with Gasteiger partial charge in [-0.25, -0.2) is 13.5 Å². The molecule has 1 heterocycles. The normalized spacial score (nSPS) is 10.5. The van der Waals surface area contributed by atoms with Crippen LogP contribution in [0.2, 0.25) is 5.15 Å². The van der Waals surface area contributed by atoms with E-state index >= 15 is 0 Å². The smallest absolute Gasteiger partial charge is 0.222 e. The van der Waals surface area contributed by atoms with Crippen LogP contribution in [0, 0.1) is 11.3 Å². The molecular weight excluding hydrogens is 248 g/mol. The van der Waals surface area contributed by atoms with E-state index in [4.69, 9.17) is 16.9 Å². The van der Waals surface area contributed by atoms with Gasteiger partial charge in [0.25, 0.3) is 6.43 Å². The Morgan fingerprint density at radius 3 is 2.71 bits per heavy atom.